The van der Waals surface area contributed by atoms with Gasteiger partial charge in [-0.3, -0.25) is 0 Å². The highest BCUT2D eigenvalue weighted by Gasteiger charge is 2.27. The fourth-order valence-electron chi connectivity index (χ4n) is 2.83. The highest BCUT2D eigenvalue weighted by Crippen LogP contribution is 2.24. The van der Waals surface area contributed by atoms with Crippen molar-refractivity contribution in [2.24, 2.45) is 0 Å². The summed E-state index contributed by atoms with van der Waals surface area (Å²) >= 11 is 0. The summed E-state index contributed by atoms with van der Waals surface area (Å²) in [7, 11) is 0. The van der Waals surface area contributed by atoms with E-state index < -0.39 is 0 Å². The van der Waals surface area contributed by atoms with Gasteiger partial charge < -0.3 is 20.7 Å². The van der Waals surface area contributed by atoms with Crippen molar-refractivity contribution in [3.05, 3.63) is 30.3 Å². The van der Waals surface area contributed by atoms with Crippen molar-refractivity contribution in [2.45, 2.75) is 38.8 Å². The van der Waals surface area contributed by atoms with Gasteiger partial charge in [0, 0.05) is 29.6 Å². The third-order valence-corrected chi connectivity index (χ3v) is 3.92. The molecular formula is C18H24N4O2. The molecule has 3 N–H and O–H groups in total. The number of nitrogens with zero attached hydrogens (tertiary/aromatic N) is 2. The Labute approximate surface area is 142 Å². The Morgan fingerprint density at radius 2 is 2.12 bits per heavy atom. The fourth-order valence-corrected chi connectivity index (χ4v) is 2.83. The lowest BCUT2D eigenvalue weighted by Crippen LogP contribution is -2.42. The van der Waals surface area contributed by atoms with Crippen molar-refractivity contribution < 1.29 is 9.53 Å². The SMILES string of the molecule is CC(C)(C)NC(=O)OC1CCN(c2ccc3cc(N)ccc3n2)C1. The van der Waals surface area contributed by atoms with E-state index in [2.05, 4.69) is 15.2 Å². The van der Waals surface area contributed by atoms with Crippen LogP contribution in [0.5, 0.6) is 0 Å². The van der Waals surface area contributed by atoms with Crippen LogP contribution < -0.4 is 16.0 Å². The van der Waals surface area contributed by atoms with Gasteiger partial charge in [0.2, 0.25) is 0 Å². The molecule has 0 saturated carbocycles. The van der Waals surface area contributed by atoms with Crippen molar-refractivity contribution in [2.75, 3.05) is 23.7 Å². The number of anilines is 2. The zero-order valence-corrected chi connectivity index (χ0v) is 14.4. The molecule has 1 aromatic heterocycles. The van der Waals surface area contributed by atoms with Gasteiger partial charge in [-0.15, -0.1) is 0 Å². The first-order valence-corrected chi connectivity index (χ1v) is 8.20. The average Bonchev–Trinajstić information content (AvgIpc) is 2.93. The maximum Gasteiger partial charge on any atom is 0.407 e. The quantitative estimate of drug-likeness (QED) is 0.829. The van der Waals surface area contributed by atoms with Crippen molar-refractivity contribution >= 4 is 28.5 Å². The number of aromatic nitrogens is 1. The van der Waals surface area contributed by atoms with Gasteiger partial charge in [-0.25, -0.2) is 9.78 Å². The Hall–Kier alpha value is -2.50. The summed E-state index contributed by atoms with van der Waals surface area (Å²) in [5.41, 5.74) is 7.15. The summed E-state index contributed by atoms with van der Waals surface area (Å²) in [6, 6.07) is 9.70. The van der Waals surface area contributed by atoms with Gasteiger partial charge in [0.1, 0.15) is 11.9 Å². The van der Waals surface area contributed by atoms with Crippen LogP contribution in [0.1, 0.15) is 27.2 Å². The molecule has 3 rings (SSSR count). The van der Waals surface area contributed by atoms with Gasteiger partial charge >= 0.3 is 6.09 Å². The molecule has 1 aliphatic rings. The number of benzene rings is 1. The standard InChI is InChI=1S/C18H24N4O2/c1-18(2,3)21-17(23)24-14-8-9-22(11-14)16-7-4-12-10-13(19)5-6-15(12)20-16/h4-7,10,14H,8-9,11,19H2,1-3H3,(H,21,23). The van der Waals surface area contributed by atoms with Crippen molar-refractivity contribution in [1.29, 1.82) is 0 Å². The van der Waals surface area contributed by atoms with Crippen molar-refractivity contribution in [3.63, 3.8) is 0 Å². The minimum Gasteiger partial charge on any atom is -0.444 e. The highest BCUT2D eigenvalue weighted by atomic mass is 16.6. The summed E-state index contributed by atoms with van der Waals surface area (Å²) in [5.74, 6) is 0.898. The van der Waals surface area contributed by atoms with Crippen LogP contribution in [0, 0.1) is 0 Å². The number of carbonyl (C=O) groups is 1. The number of ether oxygens (including phenoxy) is 1. The number of hydrogen-bond acceptors (Lipinski definition) is 5. The van der Waals surface area contributed by atoms with Crippen LogP contribution in [0.3, 0.4) is 0 Å². The third-order valence-electron chi connectivity index (χ3n) is 3.92. The van der Waals surface area contributed by atoms with Gasteiger partial charge in [-0.2, -0.15) is 0 Å². The Kier molecular flexibility index (Phi) is 4.22. The monoisotopic (exact) mass is 328 g/mol. The molecule has 1 unspecified atom stereocenters. The van der Waals surface area contributed by atoms with E-state index in [1.165, 1.54) is 0 Å². The van der Waals surface area contributed by atoms with Crippen LogP contribution in [0.25, 0.3) is 10.9 Å². The zero-order valence-electron chi connectivity index (χ0n) is 14.4. The number of pyridine rings is 1. The lowest BCUT2D eigenvalue weighted by atomic mass is 10.1. The predicted molar refractivity (Wildman–Crippen MR) is 96.1 cm³/mol. The molecule has 6 nitrogen and oxygen atoms in total. The molecule has 2 heterocycles. The molecular weight excluding hydrogens is 304 g/mol. The van der Waals surface area contributed by atoms with Gasteiger partial charge in [-0.1, -0.05) is 0 Å². The van der Waals surface area contributed by atoms with Gasteiger partial charge in [0.25, 0.3) is 0 Å². The average molecular weight is 328 g/mol. The van der Waals surface area contributed by atoms with Crippen molar-refractivity contribution in [1.82, 2.24) is 10.3 Å². The Morgan fingerprint density at radius 1 is 1.33 bits per heavy atom. The second kappa shape index (κ2) is 6.19. The van der Waals surface area contributed by atoms with E-state index >= 15 is 0 Å². The van der Waals surface area contributed by atoms with Crippen LogP contribution in [-0.2, 0) is 4.74 Å². The summed E-state index contributed by atoms with van der Waals surface area (Å²) < 4.78 is 5.51. The number of carbonyl (C=O) groups excluding carboxylic acids is 1. The maximum absolute atomic E-state index is 11.9. The van der Waals surface area contributed by atoms with Gasteiger partial charge in [0.15, 0.2) is 0 Å². The fraction of sp³-hybridized carbons (Fsp3) is 0.444. The molecule has 0 spiro atoms. The summed E-state index contributed by atoms with van der Waals surface area (Å²) in [5, 5.41) is 3.85. The second-order valence-corrected chi connectivity index (χ2v) is 7.26. The van der Waals surface area contributed by atoms with E-state index in [0.29, 0.717) is 6.54 Å². The number of nitrogens with one attached hydrogen (secondary N) is 1. The van der Waals surface area contributed by atoms with Crippen molar-refractivity contribution in [3.8, 4) is 0 Å². The smallest absolute Gasteiger partial charge is 0.407 e. The largest absolute Gasteiger partial charge is 0.444 e. The van der Waals surface area contributed by atoms with Crippen LogP contribution in [0.2, 0.25) is 0 Å². The molecule has 1 aromatic carbocycles. The molecule has 1 fully saturated rings. The molecule has 1 aliphatic heterocycles. The zero-order chi connectivity index (χ0) is 17.3. The molecule has 6 heteroatoms. The highest BCUT2D eigenvalue weighted by molar-refractivity contribution is 5.83. The Balaban J connectivity index is 1.65. The van der Waals surface area contributed by atoms with E-state index in [0.717, 1.165) is 35.4 Å². The van der Waals surface area contributed by atoms with Gasteiger partial charge in [0.05, 0.1) is 12.1 Å². The van der Waals surface area contributed by atoms with Crippen LogP contribution in [0.4, 0.5) is 16.3 Å². The number of nitrogens with two attached hydrogens (primary N) is 1. The summed E-state index contributed by atoms with van der Waals surface area (Å²) in [6.07, 6.45) is 0.325. The van der Waals surface area contributed by atoms with Crippen LogP contribution >= 0.6 is 0 Å². The minimum atomic E-state index is -0.365. The normalized spacial score (nSPS) is 18.0. The first-order chi connectivity index (χ1) is 11.3. The lowest BCUT2D eigenvalue weighted by molar-refractivity contribution is 0.101. The third kappa shape index (κ3) is 3.88. The number of nitrogen functional groups attached to an aromatic ring is 1. The Morgan fingerprint density at radius 3 is 2.88 bits per heavy atom. The van der Waals surface area contributed by atoms with E-state index in [9.17, 15) is 4.79 Å². The molecule has 128 valence electrons. The Bertz CT molecular complexity index is 754. The van der Waals surface area contributed by atoms with E-state index in [-0.39, 0.29) is 17.7 Å². The maximum atomic E-state index is 11.9. The lowest BCUT2D eigenvalue weighted by Gasteiger charge is -2.22. The predicted octanol–water partition coefficient (Wildman–Crippen LogP) is 2.92. The first-order valence-electron chi connectivity index (χ1n) is 8.20. The molecule has 2 aromatic rings. The molecule has 0 bridgehead atoms. The minimum absolute atomic E-state index is 0.115. The number of hydrogen-bond donors (Lipinski definition) is 2. The molecule has 1 saturated heterocycles. The van der Waals surface area contributed by atoms with E-state index in [1.54, 1.807) is 0 Å². The molecule has 1 amide bonds. The second-order valence-electron chi connectivity index (χ2n) is 7.26. The topological polar surface area (TPSA) is 80.5 Å². The van der Waals surface area contributed by atoms with Crippen LogP contribution in [0.15, 0.2) is 30.3 Å². The number of alkyl carbamates (subject to hydrolysis) is 1. The van der Waals surface area contributed by atoms with E-state index in [1.807, 2.05) is 51.1 Å². The molecule has 1 atom stereocenters. The summed E-state index contributed by atoms with van der Waals surface area (Å²) in [4.78, 5) is 18.7. The molecule has 0 radical (unpaired) electrons. The number of rotatable bonds is 2. The van der Waals surface area contributed by atoms with Gasteiger partial charge in [-0.05, 0) is 51.1 Å². The van der Waals surface area contributed by atoms with E-state index in [4.69, 9.17) is 10.5 Å². The molecule has 0 aliphatic carbocycles. The number of fused-ring (bicyclic) bond motifs is 1. The first kappa shape index (κ1) is 16.4. The van der Waals surface area contributed by atoms with Crippen LogP contribution in [-0.4, -0.2) is 35.8 Å². The molecule has 24 heavy (non-hydrogen) atoms. The number of amides is 1. The summed E-state index contributed by atoms with van der Waals surface area (Å²) in [6.45, 7) is 7.27.